The van der Waals surface area contributed by atoms with Crippen molar-refractivity contribution in [3.63, 3.8) is 0 Å². The Balaban J connectivity index is 1.37. The maximum absolute atomic E-state index is 14.8. The van der Waals surface area contributed by atoms with Gasteiger partial charge in [0.2, 0.25) is 0 Å². The van der Waals surface area contributed by atoms with Gasteiger partial charge in [-0.15, -0.1) is 0 Å². The molecular weight excluding hydrogens is 610 g/mol. The number of fused-ring (bicyclic) bond motifs is 11. The molecule has 6 heteroatoms. The molecule has 2 fully saturated rings. The number of carbonyl (C=O) groups is 2. The average molecular weight is 664 g/mol. The van der Waals surface area contributed by atoms with Crippen LogP contribution in [0.4, 0.5) is 0 Å². The van der Waals surface area contributed by atoms with Crippen LogP contribution in [0.3, 0.4) is 0 Å². The summed E-state index contributed by atoms with van der Waals surface area (Å²) in [5, 5.41) is 24.9. The second kappa shape index (κ2) is 10.0. The molecule has 8 rings (SSSR count). The van der Waals surface area contributed by atoms with E-state index in [4.69, 9.17) is 4.74 Å². The molecule has 0 spiro atoms. The van der Waals surface area contributed by atoms with Crippen molar-refractivity contribution < 1.29 is 24.5 Å². The highest BCUT2D eigenvalue weighted by Crippen LogP contribution is 2.71. The van der Waals surface area contributed by atoms with E-state index in [-0.39, 0.29) is 34.2 Å². The van der Waals surface area contributed by atoms with Gasteiger partial charge in [-0.25, -0.2) is 0 Å². The molecule has 0 amide bonds. The van der Waals surface area contributed by atoms with Crippen molar-refractivity contribution in [2.45, 2.75) is 129 Å². The molecule has 6 aliphatic rings. The molecule has 260 valence electrons. The third kappa shape index (κ3) is 4.00. The maximum atomic E-state index is 14.8. The van der Waals surface area contributed by atoms with Gasteiger partial charge in [-0.05, 0) is 126 Å². The van der Waals surface area contributed by atoms with Crippen LogP contribution in [0.1, 0.15) is 133 Å². The van der Waals surface area contributed by atoms with E-state index in [9.17, 15) is 19.8 Å². The van der Waals surface area contributed by atoms with E-state index < -0.39 is 34.9 Å². The predicted molar refractivity (Wildman–Crippen MR) is 193 cm³/mol. The molecule has 2 saturated carbocycles. The molecule has 3 heterocycles. The van der Waals surface area contributed by atoms with Crippen LogP contribution >= 0.6 is 0 Å². The van der Waals surface area contributed by atoms with Gasteiger partial charge in [-0.2, -0.15) is 0 Å². The van der Waals surface area contributed by atoms with Crippen LogP contribution in [0.2, 0.25) is 0 Å². The molecule has 2 unspecified atom stereocenters. The van der Waals surface area contributed by atoms with Gasteiger partial charge in [0.15, 0.2) is 11.6 Å². The summed E-state index contributed by atoms with van der Waals surface area (Å²) in [6, 6.07) is 1.79. The van der Waals surface area contributed by atoms with Crippen LogP contribution < -0.4 is 0 Å². The van der Waals surface area contributed by atoms with Gasteiger partial charge in [0.05, 0.1) is 34.5 Å². The number of ketones is 2. The number of aromatic nitrogens is 1. The van der Waals surface area contributed by atoms with E-state index in [2.05, 4.69) is 77.8 Å². The zero-order valence-electron chi connectivity index (χ0n) is 30.7. The van der Waals surface area contributed by atoms with Crippen LogP contribution in [-0.4, -0.2) is 43.7 Å². The van der Waals surface area contributed by atoms with E-state index in [0.29, 0.717) is 17.9 Å². The second-order valence-electron chi connectivity index (χ2n) is 18.2. The van der Waals surface area contributed by atoms with Crippen molar-refractivity contribution in [3.05, 3.63) is 76.5 Å². The third-order valence-electron chi connectivity index (χ3n) is 14.5. The normalized spacial score (nSPS) is 39.6. The summed E-state index contributed by atoms with van der Waals surface area (Å²) < 4.78 is 8.89. The Kier molecular flexibility index (Phi) is 6.79. The number of benzene rings is 1. The first kappa shape index (κ1) is 33.1. The van der Waals surface area contributed by atoms with Crippen molar-refractivity contribution in [2.24, 2.45) is 28.6 Å². The lowest BCUT2D eigenvalue weighted by molar-refractivity contribution is -0.144. The molecule has 1 aromatic carbocycles. The minimum atomic E-state index is -0.845. The molecule has 2 aromatic rings. The number of carbonyl (C=O) groups excluding carboxylic acids is 2. The van der Waals surface area contributed by atoms with E-state index in [1.54, 1.807) is 19.1 Å². The summed E-state index contributed by atoms with van der Waals surface area (Å²) in [5.74, 6) is 0.389. The Morgan fingerprint density at radius 3 is 2.43 bits per heavy atom. The van der Waals surface area contributed by atoms with E-state index >= 15 is 0 Å². The first-order valence-corrected chi connectivity index (χ1v) is 18.4. The fourth-order valence-corrected chi connectivity index (χ4v) is 12.6. The molecule has 6 nitrogen and oxygen atoms in total. The zero-order chi connectivity index (χ0) is 35.4. The largest absolute Gasteiger partial charge is 0.392 e. The monoisotopic (exact) mass is 663 g/mol. The summed E-state index contributed by atoms with van der Waals surface area (Å²) >= 11 is 0. The number of nitrogens with zero attached hydrogens (tertiary/aromatic N) is 1. The summed E-state index contributed by atoms with van der Waals surface area (Å²) in [6.07, 6.45) is 12.9. The fraction of sp³-hybridized carbons (Fsp3) is 0.581. The highest BCUT2D eigenvalue weighted by atomic mass is 16.5. The van der Waals surface area contributed by atoms with Crippen LogP contribution in [-0.2, 0) is 21.4 Å². The van der Waals surface area contributed by atoms with Crippen LogP contribution in [0.15, 0.2) is 48.6 Å². The van der Waals surface area contributed by atoms with Gasteiger partial charge in [0.25, 0.3) is 0 Å². The summed E-state index contributed by atoms with van der Waals surface area (Å²) in [6.45, 7) is 23.3. The number of hydrogen-bond donors (Lipinski definition) is 2. The topological polar surface area (TPSA) is 88.8 Å². The van der Waals surface area contributed by atoms with E-state index in [0.717, 1.165) is 58.9 Å². The number of aliphatic hydroxyl groups excluding tert-OH is 2. The van der Waals surface area contributed by atoms with Crippen LogP contribution in [0.25, 0.3) is 16.5 Å². The number of allylic oxidation sites excluding steroid dienone is 4. The van der Waals surface area contributed by atoms with Crippen molar-refractivity contribution in [1.82, 2.24) is 4.57 Å². The number of aliphatic hydroxyl groups is 2. The first-order chi connectivity index (χ1) is 22.8. The Bertz CT molecular complexity index is 1970. The number of ether oxygens (including phenoxy) is 1. The zero-order valence-corrected chi connectivity index (χ0v) is 30.7. The van der Waals surface area contributed by atoms with E-state index in [1.807, 2.05) is 13.0 Å². The molecule has 2 aliphatic heterocycles. The standard InChI is InChI=1S/C43H53NO5/c1-22(2)34-37(48)32-31-25(28-21-39(4,5)49-40(6,7)33(28)36(31)47)20-26-27-19-24-14-15-29-41(8,17-12-11-13-23(3)45)30(46)16-18-42(29,9)43(24,10)38(27)44(34)35(26)32/h11-13,17,20-21,24,29-30,33-34,36,46-47H,1,14-16,18-19H2,2-10H3/b13-11+,17-12+/t24?,29-,30-,33?,34-,36+,41-,42-,43+/m0/s1. The summed E-state index contributed by atoms with van der Waals surface area (Å²) in [5.41, 5.74) is 5.93. The molecule has 1 aromatic heterocycles. The minimum absolute atomic E-state index is 0.00391. The summed E-state index contributed by atoms with van der Waals surface area (Å²) in [4.78, 5) is 26.5. The third-order valence-corrected chi connectivity index (χ3v) is 14.5. The van der Waals surface area contributed by atoms with Gasteiger partial charge < -0.3 is 19.5 Å². The Morgan fingerprint density at radius 1 is 1.04 bits per heavy atom. The smallest absolute Gasteiger partial charge is 0.192 e. The van der Waals surface area contributed by atoms with Crippen molar-refractivity contribution in [2.75, 3.05) is 0 Å². The number of hydrogen-bond acceptors (Lipinski definition) is 5. The lowest BCUT2D eigenvalue weighted by Crippen LogP contribution is -2.62. The molecule has 0 bridgehead atoms. The predicted octanol–water partition coefficient (Wildman–Crippen LogP) is 8.30. The fourth-order valence-electron chi connectivity index (χ4n) is 12.6. The van der Waals surface area contributed by atoms with Crippen molar-refractivity contribution in [1.29, 1.82) is 0 Å². The molecule has 4 aliphatic carbocycles. The lowest BCUT2D eigenvalue weighted by atomic mass is 9.40. The molecule has 9 atom stereocenters. The molecular formula is C43H53NO5. The highest BCUT2D eigenvalue weighted by molar-refractivity contribution is 6.18. The quantitative estimate of drug-likeness (QED) is 0.195. The van der Waals surface area contributed by atoms with Gasteiger partial charge in [-0.3, -0.25) is 9.59 Å². The Morgan fingerprint density at radius 2 is 1.76 bits per heavy atom. The lowest BCUT2D eigenvalue weighted by Gasteiger charge is -2.64. The number of rotatable bonds is 4. The molecule has 0 saturated heterocycles. The Labute approximate surface area is 291 Å². The minimum Gasteiger partial charge on any atom is -0.392 e. The Hall–Kier alpha value is -3.06. The van der Waals surface area contributed by atoms with E-state index in [1.165, 1.54) is 11.3 Å². The van der Waals surface area contributed by atoms with Crippen LogP contribution in [0, 0.1) is 28.6 Å². The van der Waals surface area contributed by atoms with Gasteiger partial charge in [0, 0.05) is 33.4 Å². The van der Waals surface area contributed by atoms with Gasteiger partial charge in [-0.1, -0.05) is 51.2 Å². The van der Waals surface area contributed by atoms with Gasteiger partial charge >= 0.3 is 0 Å². The van der Waals surface area contributed by atoms with Gasteiger partial charge in [0.1, 0.15) is 6.04 Å². The highest BCUT2D eigenvalue weighted by Gasteiger charge is 2.67. The van der Waals surface area contributed by atoms with Crippen molar-refractivity contribution >= 4 is 28.0 Å². The summed E-state index contributed by atoms with van der Waals surface area (Å²) in [7, 11) is 0. The number of Topliss-reactive ketones (excluding diaryl/α,β-unsaturated/α-hetero) is 1. The van der Waals surface area contributed by atoms with Crippen molar-refractivity contribution in [3.8, 4) is 0 Å². The first-order valence-electron chi connectivity index (χ1n) is 18.4. The molecule has 0 radical (unpaired) electrons. The second-order valence-corrected chi connectivity index (χ2v) is 18.2. The maximum Gasteiger partial charge on any atom is 0.192 e. The average Bonchev–Trinajstić information content (AvgIpc) is 3.66. The van der Waals surface area contributed by atoms with Crippen LogP contribution in [0.5, 0.6) is 0 Å². The molecule has 49 heavy (non-hydrogen) atoms. The SMILES string of the molecule is C=C(C)[C@H]1C(=O)c2c3c(cc4c5c(n1c24)[C@@]1(C)C(CC[C@H]2[C@](C)(/C=C/C=C/C(C)=O)[C@@H](O)CC[C@@]21C)C5)C1=CC(C)(C)OC(C)(C)C1[C@@H]3O. The molecule has 2 N–H and O–H groups in total.